The second-order valence-electron chi connectivity index (χ2n) is 2.83. The molecule has 1 aromatic heterocycles. The van der Waals surface area contributed by atoms with Crippen molar-refractivity contribution < 1.29 is 11.3 Å². The molecule has 0 N–H and O–H groups in total. The fraction of sp³-hybridized carbons (Fsp3) is 0. The van der Waals surface area contributed by atoms with Gasteiger partial charge in [-0.05, 0) is 18.1 Å². The molecule has 3 rings (SSSR count). The Bertz CT molecular complexity index is 840. The SMILES string of the molecule is [2H]c1cc2c(oc3c([2H])cc([2H])c(Br)c32)c([2H])c1[2H]. The van der Waals surface area contributed by atoms with E-state index in [1.807, 2.05) is 0 Å². The van der Waals surface area contributed by atoms with E-state index in [4.69, 9.17) is 11.3 Å². The number of halogens is 1. The molecular weight excluding hydrogens is 240 g/mol. The number of rotatable bonds is 0. The molecule has 1 nitrogen and oxygen atoms in total. The van der Waals surface area contributed by atoms with Gasteiger partial charge in [0, 0.05) is 15.2 Å². The van der Waals surface area contributed by atoms with Gasteiger partial charge in [0.1, 0.15) is 11.2 Å². The van der Waals surface area contributed by atoms with Gasteiger partial charge in [-0.15, -0.1) is 0 Å². The van der Waals surface area contributed by atoms with E-state index in [9.17, 15) is 0 Å². The average molecular weight is 252 g/mol. The molecule has 3 aromatic rings. The molecule has 0 unspecified atom stereocenters. The summed E-state index contributed by atoms with van der Waals surface area (Å²) in [4.78, 5) is 0. The Kier molecular flexibility index (Phi) is 0.916. The van der Waals surface area contributed by atoms with Crippen molar-refractivity contribution in [1.82, 2.24) is 0 Å². The normalized spacial score (nSPS) is 16.2. The number of hydrogen-bond donors (Lipinski definition) is 0. The van der Waals surface area contributed by atoms with Gasteiger partial charge in [0.25, 0.3) is 0 Å². The van der Waals surface area contributed by atoms with Crippen LogP contribution in [0.4, 0.5) is 0 Å². The Balaban J connectivity index is 2.66. The summed E-state index contributed by atoms with van der Waals surface area (Å²) in [5.41, 5.74) is 0.437. The first kappa shape index (κ1) is 4.49. The second-order valence-corrected chi connectivity index (χ2v) is 3.63. The van der Waals surface area contributed by atoms with Crippen LogP contribution in [0.25, 0.3) is 21.9 Å². The lowest BCUT2D eigenvalue weighted by Crippen LogP contribution is -1.67. The van der Waals surface area contributed by atoms with Crippen LogP contribution in [-0.4, -0.2) is 0 Å². The van der Waals surface area contributed by atoms with Crippen LogP contribution in [0.2, 0.25) is 0 Å². The zero-order valence-corrected chi connectivity index (χ0v) is 8.53. The van der Waals surface area contributed by atoms with Crippen molar-refractivity contribution in [3.05, 3.63) is 46.8 Å². The molecule has 1 heterocycles. The molecule has 14 heavy (non-hydrogen) atoms. The van der Waals surface area contributed by atoms with E-state index < -0.39 is 0 Å². The van der Waals surface area contributed by atoms with E-state index in [1.54, 1.807) is 0 Å². The molecule has 0 aliphatic carbocycles. The maximum Gasteiger partial charge on any atom is 0.136 e. The lowest BCUT2D eigenvalue weighted by Gasteiger charge is -1.91. The van der Waals surface area contributed by atoms with Gasteiger partial charge < -0.3 is 4.42 Å². The van der Waals surface area contributed by atoms with Crippen molar-refractivity contribution >= 4 is 37.9 Å². The van der Waals surface area contributed by atoms with Crippen LogP contribution in [0.15, 0.2) is 51.2 Å². The molecule has 0 saturated heterocycles. The summed E-state index contributed by atoms with van der Waals surface area (Å²) in [7, 11) is 0. The van der Waals surface area contributed by atoms with Crippen molar-refractivity contribution in [2.45, 2.75) is 0 Å². The van der Waals surface area contributed by atoms with Crippen LogP contribution in [0.5, 0.6) is 0 Å². The summed E-state index contributed by atoms with van der Waals surface area (Å²) in [6.07, 6.45) is 0. The molecule has 0 aliphatic heterocycles. The largest absolute Gasteiger partial charge is 0.456 e. The average Bonchev–Trinajstić information content (AvgIpc) is 2.73. The summed E-state index contributed by atoms with van der Waals surface area (Å²) in [5.74, 6) is 0. The van der Waals surface area contributed by atoms with E-state index in [-0.39, 0.29) is 41.4 Å². The fourth-order valence-corrected chi connectivity index (χ4v) is 1.94. The van der Waals surface area contributed by atoms with Crippen LogP contribution < -0.4 is 0 Å². The predicted octanol–water partition coefficient (Wildman–Crippen LogP) is 4.35. The first-order chi connectivity index (χ1) is 8.91. The highest BCUT2D eigenvalue weighted by molar-refractivity contribution is 9.10. The van der Waals surface area contributed by atoms with Crippen molar-refractivity contribution in [1.29, 1.82) is 0 Å². The highest BCUT2D eigenvalue weighted by Crippen LogP contribution is 2.33. The summed E-state index contributed by atoms with van der Waals surface area (Å²) in [6.45, 7) is 0. The lowest BCUT2D eigenvalue weighted by molar-refractivity contribution is 0.669. The Hall–Kier alpha value is -1.28. The third-order valence-electron chi connectivity index (χ3n) is 2.03. The third-order valence-corrected chi connectivity index (χ3v) is 2.66. The molecule has 0 amide bonds. The van der Waals surface area contributed by atoms with Crippen molar-refractivity contribution in [2.24, 2.45) is 0 Å². The Labute approximate surface area is 96.5 Å². The standard InChI is InChI=1S/C12H7BrO/c13-9-5-3-7-11-12(9)8-4-1-2-6-10(8)14-11/h1-7H/i1D,2D,5D,6D,7D. The van der Waals surface area contributed by atoms with Crippen LogP contribution in [0, 0.1) is 0 Å². The Morgan fingerprint density at radius 1 is 1.14 bits per heavy atom. The third kappa shape index (κ3) is 1.01. The predicted molar refractivity (Wildman–Crippen MR) is 61.4 cm³/mol. The van der Waals surface area contributed by atoms with Gasteiger partial charge in [0.05, 0.1) is 6.85 Å². The Morgan fingerprint density at radius 3 is 3.00 bits per heavy atom. The zero-order valence-electron chi connectivity index (χ0n) is 11.9. The molecule has 2 aromatic carbocycles. The van der Waals surface area contributed by atoms with Gasteiger partial charge in [0.15, 0.2) is 0 Å². The highest BCUT2D eigenvalue weighted by Gasteiger charge is 2.07. The second kappa shape index (κ2) is 2.85. The van der Waals surface area contributed by atoms with Crippen molar-refractivity contribution in [2.75, 3.05) is 0 Å². The Morgan fingerprint density at radius 2 is 2.07 bits per heavy atom. The molecule has 0 atom stereocenters. The van der Waals surface area contributed by atoms with Crippen LogP contribution in [-0.2, 0) is 0 Å². The van der Waals surface area contributed by atoms with Gasteiger partial charge in [-0.3, -0.25) is 0 Å². The molecule has 0 saturated carbocycles. The number of para-hydroxylation sites is 1. The summed E-state index contributed by atoms with van der Waals surface area (Å²) in [5, 5.41) is 0.991. The number of furan rings is 1. The molecular formula is C12H7BrO. The first-order valence-corrected chi connectivity index (χ1v) is 4.79. The first-order valence-electron chi connectivity index (χ1n) is 6.50. The zero-order chi connectivity index (χ0) is 13.9. The fourth-order valence-electron chi connectivity index (χ4n) is 1.43. The molecule has 2 heteroatoms. The summed E-state index contributed by atoms with van der Waals surface area (Å²) < 4.78 is 44.7. The van der Waals surface area contributed by atoms with Crippen molar-refractivity contribution in [3.63, 3.8) is 0 Å². The van der Waals surface area contributed by atoms with Gasteiger partial charge in [0.2, 0.25) is 0 Å². The van der Waals surface area contributed by atoms with Crippen LogP contribution in [0.1, 0.15) is 6.85 Å². The van der Waals surface area contributed by atoms with E-state index in [1.165, 1.54) is 12.1 Å². The van der Waals surface area contributed by atoms with E-state index in [2.05, 4.69) is 15.9 Å². The molecule has 0 aliphatic rings. The highest BCUT2D eigenvalue weighted by atomic mass is 79.9. The molecule has 0 bridgehead atoms. The van der Waals surface area contributed by atoms with Gasteiger partial charge in [-0.1, -0.05) is 40.1 Å². The van der Waals surface area contributed by atoms with Crippen molar-refractivity contribution in [3.8, 4) is 0 Å². The summed E-state index contributed by atoms with van der Waals surface area (Å²) in [6, 6.07) is 2.53. The molecule has 0 spiro atoms. The minimum absolute atomic E-state index is 0.0526. The van der Waals surface area contributed by atoms with E-state index in [0.717, 1.165) is 0 Å². The lowest BCUT2D eigenvalue weighted by atomic mass is 10.2. The molecule has 68 valence electrons. The van der Waals surface area contributed by atoms with Gasteiger partial charge in [-0.25, -0.2) is 0 Å². The number of fused-ring (bicyclic) bond motifs is 3. The maximum absolute atomic E-state index is 7.83. The molecule has 0 radical (unpaired) electrons. The molecule has 0 fully saturated rings. The van der Waals surface area contributed by atoms with Gasteiger partial charge in [-0.2, -0.15) is 0 Å². The minimum atomic E-state index is -0.208. The topological polar surface area (TPSA) is 13.1 Å². The maximum atomic E-state index is 7.83. The van der Waals surface area contributed by atoms with Crippen LogP contribution >= 0.6 is 15.9 Å². The number of hydrogen-bond acceptors (Lipinski definition) is 1. The van der Waals surface area contributed by atoms with Crippen LogP contribution in [0.3, 0.4) is 0 Å². The minimum Gasteiger partial charge on any atom is -0.456 e. The van der Waals surface area contributed by atoms with E-state index in [0.29, 0.717) is 15.2 Å². The smallest absolute Gasteiger partial charge is 0.136 e. The summed E-state index contributed by atoms with van der Waals surface area (Å²) >= 11 is 3.28. The number of benzene rings is 2. The monoisotopic (exact) mass is 251 g/mol. The quantitative estimate of drug-likeness (QED) is 0.579. The van der Waals surface area contributed by atoms with Gasteiger partial charge >= 0.3 is 0 Å². The van der Waals surface area contributed by atoms with E-state index >= 15 is 0 Å².